The van der Waals surface area contributed by atoms with Gasteiger partial charge in [-0.3, -0.25) is 0 Å². The molecule has 0 aromatic carbocycles. The summed E-state index contributed by atoms with van der Waals surface area (Å²) in [5.41, 5.74) is 0.800. The van der Waals surface area contributed by atoms with Gasteiger partial charge in [0.25, 0.3) is 0 Å². The lowest BCUT2D eigenvalue weighted by molar-refractivity contribution is 1.07. The SMILES string of the molecule is B.CN(C)c1ccc2cccnc2n1. The van der Waals surface area contributed by atoms with Crippen LogP contribution in [0.25, 0.3) is 11.0 Å². The van der Waals surface area contributed by atoms with Gasteiger partial charge in [-0.25, -0.2) is 9.97 Å². The number of hydrogen-bond donors (Lipinski definition) is 0. The molecule has 0 spiro atoms. The molecule has 0 N–H and O–H groups in total. The average Bonchev–Trinajstić information content (AvgIpc) is 2.17. The summed E-state index contributed by atoms with van der Waals surface area (Å²) < 4.78 is 0. The van der Waals surface area contributed by atoms with Crippen LogP contribution in [0.5, 0.6) is 0 Å². The van der Waals surface area contributed by atoms with Crippen molar-refractivity contribution in [2.45, 2.75) is 0 Å². The number of anilines is 1. The van der Waals surface area contributed by atoms with Gasteiger partial charge in [-0.05, 0) is 24.3 Å². The summed E-state index contributed by atoms with van der Waals surface area (Å²) in [4.78, 5) is 10.5. The van der Waals surface area contributed by atoms with Crippen molar-refractivity contribution in [3.8, 4) is 0 Å². The Hall–Kier alpha value is -1.58. The Morgan fingerprint density at radius 3 is 2.64 bits per heavy atom. The highest BCUT2D eigenvalue weighted by Crippen LogP contribution is 2.13. The van der Waals surface area contributed by atoms with Gasteiger partial charge in [-0.15, -0.1) is 0 Å². The van der Waals surface area contributed by atoms with E-state index in [2.05, 4.69) is 9.97 Å². The summed E-state index contributed by atoms with van der Waals surface area (Å²) in [7, 11) is 3.94. The van der Waals surface area contributed by atoms with Gasteiger partial charge >= 0.3 is 0 Å². The number of aromatic nitrogens is 2. The van der Waals surface area contributed by atoms with Gasteiger partial charge in [0.2, 0.25) is 0 Å². The van der Waals surface area contributed by atoms with Gasteiger partial charge in [0.15, 0.2) is 5.65 Å². The van der Waals surface area contributed by atoms with Crippen LogP contribution >= 0.6 is 0 Å². The summed E-state index contributed by atoms with van der Waals surface area (Å²) in [5, 5.41) is 1.08. The van der Waals surface area contributed by atoms with E-state index in [0.717, 1.165) is 16.9 Å². The van der Waals surface area contributed by atoms with Crippen molar-refractivity contribution in [1.29, 1.82) is 0 Å². The maximum Gasteiger partial charge on any atom is 0.161 e. The molecular weight excluding hydrogens is 173 g/mol. The second-order valence-corrected chi connectivity index (χ2v) is 3.11. The van der Waals surface area contributed by atoms with Crippen molar-refractivity contribution < 1.29 is 0 Å². The van der Waals surface area contributed by atoms with Crippen LogP contribution in [0, 0.1) is 0 Å². The predicted molar refractivity (Wildman–Crippen MR) is 63.8 cm³/mol. The van der Waals surface area contributed by atoms with Crippen molar-refractivity contribution >= 4 is 25.3 Å². The van der Waals surface area contributed by atoms with Gasteiger partial charge in [0, 0.05) is 25.7 Å². The van der Waals surface area contributed by atoms with Crippen molar-refractivity contribution in [2.24, 2.45) is 0 Å². The number of rotatable bonds is 1. The quantitative estimate of drug-likeness (QED) is 0.609. The molecule has 2 heterocycles. The van der Waals surface area contributed by atoms with Crippen molar-refractivity contribution in [3.63, 3.8) is 0 Å². The first-order chi connectivity index (χ1) is 6.27. The molecule has 0 unspecified atom stereocenters. The van der Waals surface area contributed by atoms with Gasteiger partial charge in [0.05, 0.1) is 8.41 Å². The molecule has 0 amide bonds. The lowest BCUT2D eigenvalue weighted by Crippen LogP contribution is -2.10. The average molecular weight is 187 g/mol. The molecule has 72 valence electrons. The van der Waals surface area contributed by atoms with E-state index in [-0.39, 0.29) is 8.41 Å². The maximum absolute atomic E-state index is 4.39. The highest BCUT2D eigenvalue weighted by molar-refractivity contribution is 5.76. The fourth-order valence-corrected chi connectivity index (χ4v) is 1.19. The van der Waals surface area contributed by atoms with E-state index >= 15 is 0 Å². The normalized spacial score (nSPS) is 9.57. The Kier molecular flexibility index (Phi) is 3.07. The number of hydrogen-bond acceptors (Lipinski definition) is 3. The Bertz CT molecular complexity index is 428. The monoisotopic (exact) mass is 187 g/mol. The molecule has 0 fully saturated rings. The first kappa shape index (κ1) is 10.5. The van der Waals surface area contributed by atoms with Crippen molar-refractivity contribution in [1.82, 2.24) is 9.97 Å². The topological polar surface area (TPSA) is 29.0 Å². The first-order valence-electron chi connectivity index (χ1n) is 4.16. The third-order valence-corrected chi connectivity index (χ3v) is 1.91. The van der Waals surface area contributed by atoms with E-state index in [1.165, 1.54) is 0 Å². The molecule has 0 saturated heterocycles. The highest BCUT2D eigenvalue weighted by Gasteiger charge is 1.98. The van der Waals surface area contributed by atoms with Gasteiger partial charge in [-0.1, -0.05) is 0 Å². The molecule has 0 aliphatic carbocycles. The summed E-state index contributed by atoms with van der Waals surface area (Å²) in [6, 6.07) is 7.95. The van der Waals surface area contributed by atoms with E-state index in [4.69, 9.17) is 0 Å². The molecule has 0 radical (unpaired) electrons. The van der Waals surface area contributed by atoms with E-state index in [0.29, 0.717) is 0 Å². The largest absolute Gasteiger partial charge is 0.363 e. The minimum absolute atomic E-state index is 0. The molecular formula is C10H14BN3. The van der Waals surface area contributed by atoms with Crippen LogP contribution in [0.3, 0.4) is 0 Å². The van der Waals surface area contributed by atoms with Gasteiger partial charge < -0.3 is 4.90 Å². The molecule has 0 aliphatic rings. The molecule has 0 bridgehead atoms. The molecule has 2 aromatic rings. The fraction of sp³-hybridized carbons (Fsp3) is 0.200. The number of fused-ring (bicyclic) bond motifs is 1. The minimum Gasteiger partial charge on any atom is -0.363 e. The van der Waals surface area contributed by atoms with Crippen LogP contribution in [0.1, 0.15) is 0 Å². The Morgan fingerprint density at radius 1 is 1.14 bits per heavy atom. The zero-order valence-corrected chi connectivity index (χ0v) is 7.73. The zero-order valence-electron chi connectivity index (χ0n) is 7.73. The molecule has 3 nitrogen and oxygen atoms in total. The summed E-state index contributed by atoms with van der Waals surface area (Å²) in [5.74, 6) is 0.936. The molecule has 0 aliphatic heterocycles. The molecule has 2 aromatic heterocycles. The summed E-state index contributed by atoms with van der Waals surface area (Å²) in [6.45, 7) is 0. The fourth-order valence-electron chi connectivity index (χ4n) is 1.19. The van der Waals surface area contributed by atoms with Gasteiger partial charge in [0.1, 0.15) is 5.82 Å². The second-order valence-electron chi connectivity index (χ2n) is 3.11. The third-order valence-electron chi connectivity index (χ3n) is 1.91. The van der Waals surface area contributed by atoms with E-state index in [1.807, 2.05) is 43.3 Å². The van der Waals surface area contributed by atoms with Gasteiger partial charge in [-0.2, -0.15) is 0 Å². The van der Waals surface area contributed by atoms with Crippen LogP contribution < -0.4 is 4.90 Å². The second kappa shape index (κ2) is 4.09. The molecule has 0 saturated carbocycles. The lowest BCUT2D eigenvalue weighted by Gasteiger charge is -2.10. The van der Waals surface area contributed by atoms with Crippen LogP contribution in [0.4, 0.5) is 5.82 Å². The van der Waals surface area contributed by atoms with Crippen LogP contribution in [0.15, 0.2) is 30.5 Å². The van der Waals surface area contributed by atoms with Crippen molar-refractivity contribution in [2.75, 3.05) is 19.0 Å². The maximum atomic E-state index is 4.39. The first-order valence-corrected chi connectivity index (χ1v) is 4.16. The third kappa shape index (κ3) is 1.84. The summed E-state index contributed by atoms with van der Waals surface area (Å²) >= 11 is 0. The minimum atomic E-state index is 0. The van der Waals surface area contributed by atoms with E-state index in [1.54, 1.807) is 6.20 Å². The lowest BCUT2D eigenvalue weighted by atomic mass is 10.3. The number of pyridine rings is 2. The van der Waals surface area contributed by atoms with Crippen LogP contribution in [-0.4, -0.2) is 32.5 Å². The van der Waals surface area contributed by atoms with Crippen molar-refractivity contribution in [3.05, 3.63) is 30.5 Å². The predicted octanol–water partition coefficient (Wildman–Crippen LogP) is 0.512. The molecule has 4 heteroatoms. The van der Waals surface area contributed by atoms with E-state index in [9.17, 15) is 0 Å². The smallest absolute Gasteiger partial charge is 0.161 e. The van der Waals surface area contributed by atoms with E-state index < -0.39 is 0 Å². The molecule has 0 atom stereocenters. The standard InChI is InChI=1S/C10H11N3.BH3/c1-13(2)9-6-5-8-4-3-7-11-10(8)12-9;/h3-7H,1-2H3;1H3. The molecule has 14 heavy (non-hydrogen) atoms. The Labute approximate surface area is 85.4 Å². The highest BCUT2D eigenvalue weighted by atomic mass is 15.1. The Balaban J connectivity index is 0.000000980. The zero-order chi connectivity index (χ0) is 9.26. The molecule has 2 rings (SSSR count). The van der Waals surface area contributed by atoms with Crippen LogP contribution in [0.2, 0.25) is 0 Å². The summed E-state index contributed by atoms with van der Waals surface area (Å²) in [6.07, 6.45) is 1.76. The Morgan fingerprint density at radius 2 is 1.93 bits per heavy atom. The number of nitrogens with zero attached hydrogens (tertiary/aromatic N) is 3. The van der Waals surface area contributed by atoms with Crippen LogP contribution in [-0.2, 0) is 0 Å².